The van der Waals surface area contributed by atoms with E-state index in [-0.39, 0.29) is 11.9 Å². The molecule has 20 heavy (non-hydrogen) atoms. The topological polar surface area (TPSA) is 50.4 Å². The summed E-state index contributed by atoms with van der Waals surface area (Å²) in [6, 6.07) is 8.67. The van der Waals surface area contributed by atoms with Crippen molar-refractivity contribution >= 4 is 5.91 Å². The number of para-hydroxylation sites is 1. The van der Waals surface area contributed by atoms with Crippen LogP contribution in [-0.2, 0) is 11.3 Å². The van der Waals surface area contributed by atoms with Crippen LogP contribution in [0.3, 0.4) is 0 Å². The molecular formula is C16H24N2O2. The summed E-state index contributed by atoms with van der Waals surface area (Å²) in [5.41, 5.74) is 1.10. The molecule has 1 aliphatic rings. The van der Waals surface area contributed by atoms with Crippen molar-refractivity contribution in [1.29, 1.82) is 0 Å². The second kappa shape index (κ2) is 6.75. The molecule has 0 bridgehead atoms. The number of hydrogen-bond acceptors (Lipinski definition) is 3. The van der Waals surface area contributed by atoms with Gasteiger partial charge in [-0.1, -0.05) is 18.2 Å². The minimum absolute atomic E-state index is 0.0787. The van der Waals surface area contributed by atoms with Gasteiger partial charge in [0.25, 0.3) is 5.91 Å². The second-order valence-corrected chi connectivity index (χ2v) is 5.69. The van der Waals surface area contributed by atoms with E-state index >= 15 is 0 Å². The fraction of sp³-hybridized carbons (Fsp3) is 0.562. The van der Waals surface area contributed by atoms with Crippen molar-refractivity contribution in [2.75, 3.05) is 0 Å². The summed E-state index contributed by atoms with van der Waals surface area (Å²) >= 11 is 0. The van der Waals surface area contributed by atoms with Crippen LogP contribution in [0.15, 0.2) is 24.3 Å². The van der Waals surface area contributed by atoms with Crippen molar-refractivity contribution in [3.63, 3.8) is 0 Å². The molecule has 1 atom stereocenters. The molecule has 1 aromatic carbocycles. The predicted molar refractivity (Wildman–Crippen MR) is 79.7 cm³/mol. The zero-order valence-electron chi connectivity index (χ0n) is 12.5. The molecule has 110 valence electrons. The van der Waals surface area contributed by atoms with Crippen molar-refractivity contribution in [3.8, 4) is 5.75 Å². The number of benzene rings is 1. The molecular weight excluding hydrogens is 252 g/mol. The lowest BCUT2D eigenvalue weighted by atomic mass is 10.2. The molecule has 1 aliphatic carbocycles. The van der Waals surface area contributed by atoms with Gasteiger partial charge in [0, 0.05) is 24.2 Å². The lowest BCUT2D eigenvalue weighted by molar-refractivity contribution is -0.127. The van der Waals surface area contributed by atoms with Crippen LogP contribution in [0.5, 0.6) is 5.75 Å². The van der Waals surface area contributed by atoms with Crippen LogP contribution >= 0.6 is 0 Å². The maximum absolute atomic E-state index is 11.9. The van der Waals surface area contributed by atoms with Gasteiger partial charge in [0.15, 0.2) is 6.10 Å². The molecule has 0 aliphatic heterocycles. The fourth-order valence-electron chi connectivity index (χ4n) is 1.95. The van der Waals surface area contributed by atoms with Crippen molar-refractivity contribution in [3.05, 3.63) is 29.8 Å². The first kappa shape index (κ1) is 14.9. The smallest absolute Gasteiger partial charge is 0.260 e. The summed E-state index contributed by atoms with van der Waals surface area (Å²) in [6.07, 6.45) is 2.03. The van der Waals surface area contributed by atoms with E-state index in [0.717, 1.165) is 17.9 Å². The molecule has 1 amide bonds. The molecule has 0 saturated heterocycles. The van der Waals surface area contributed by atoms with Crippen LogP contribution in [-0.4, -0.2) is 24.1 Å². The van der Waals surface area contributed by atoms with E-state index in [4.69, 9.17) is 4.74 Å². The third-order valence-electron chi connectivity index (χ3n) is 3.24. The van der Waals surface area contributed by atoms with E-state index in [1.807, 2.05) is 38.1 Å². The quantitative estimate of drug-likeness (QED) is 0.803. The molecule has 1 saturated carbocycles. The Balaban J connectivity index is 1.94. The van der Waals surface area contributed by atoms with Gasteiger partial charge in [-0.05, 0) is 39.7 Å². The first-order valence-electron chi connectivity index (χ1n) is 7.34. The van der Waals surface area contributed by atoms with Crippen molar-refractivity contribution < 1.29 is 9.53 Å². The third kappa shape index (κ3) is 4.53. The van der Waals surface area contributed by atoms with Gasteiger partial charge in [-0.25, -0.2) is 0 Å². The molecule has 0 aromatic heterocycles. The standard InChI is InChI=1S/C16H24N2O2/c1-11(2)18-16(19)12(3)20-15-7-5-4-6-13(15)10-17-14-8-9-14/h4-7,11-12,14,17H,8-10H2,1-3H3,(H,18,19). The number of ether oxygens (including phenoxy) is 1. The van der Waals surface area contributed by atoms with Crippen molar-refractivity contribution in [2.24, 2.45) is 0 Å². The Hall–Kier alpha value is -1.55. The number of hydrogen-bond donors (Lipinski definition) is 2. The Labute approximate surface area is 120 Å². The lowest BCUT2D eigenvalue weighted by Gasteiger charge is -2.18. The Morgan fingerprint density at radius 1 is 1.30 bits per heavy atom. The van der Waals surface area contributed by atoms with E-state index in [1.165, 1.54) is 12.8 Å². The minimum atomic E-state index is -0.487. The maximum atomic E-state index is 11.9. The zero-order chi connectivity index (χ0) is 14.5. The predicted octanol–water partition coefficient (Wildman–Crippen LogP) is 2.23. The molecule has 1 aromatic rings. The monoisotopic (exact) mass is 276 g/mol. The Kier molecular flexibility index (Phi) is 5.01. The molecule has 0 spiro atoms. The van der Waals surface area contributed by atoms with Crippen molar-refractivity contribution in [2.45, 2.75) is 58.3 Å². The van der Waals surface area contributed by atoms with Gasteiger partial charge in [0.2, 0.25) is 0 Å². The van der Waals surface area contributed by atoms with Crippen LogP contribution in [0.4, 0.5) is 0 Å². The van der Waals surface area contributed by atoms with E-state index in [2.05, 4.69) is 10.6 Å². The van der Waals surface area contributed by atoms with Gasteiger partial charge < -0.3 is 15.4 Å². The van der Waals surface area contributed by atoms with Crippen LogP contribution in [0.1, 0.15) is 39.2 Å². The number of amides is 1. The van der Waals surface area contributed by atoms with Gasteiger partial charge in [0.05, 0.1) is 0 Å². The van der Waals surface area contributed by atoms with Crippen molar-refractivity contribution in [1.82, 2.24) is 10.6 Å². The fourth-order valence-corrected chi connectivity index (χ4v) is 1.95. The summed E-state index contributed by atoms with van der Waals surface area (Å²) in [6.45, 7) is 6.46. The summed E-state index contributed by atoms with van der Waals surface area (Å²) in [5.74, 6) is 0.706. The minimum Gasteiger partial charge on any atom is -0.481 e. The first-order chi connectivity index (χ1) is 9.56. The van der Waals surface area contributed by atoms with Gasteiger partial charge >= 0.3 is 0 Å². The Bertz CT molecular complexity index is 456. The highest BCUT2D eigenvalue weighted by Gasteiger charge is 2.21. The van der Waals surface area contributed by atoms with Gasteiger partial charge in [-0.3, -0.25) is 4.79 Å². The average molecular weight is 276 g/mol. The Morgan fingerprint density at radius 2 is 2.00 bits per heavy atom. The second-order valence-electron chi connectivity index (χ2n) is 5.69. The van der Waals surface area contributed by atoms with Crippen LogP contribution in [0.2, 0.25) is 0 Å². The lowest BCUT2D eigenvalue weighted by Crippen LogP contribution is -2.40. The summed E-state index contributed by atoms with van der Waals surface area (Å²) in [5, 5.41) is 6.33. The highest BCUT2D eigenvalue weighted by molar-refractivity contribution is 5.80. The molecule has 2 N–H and O–H groups in total. The summed E-state index contributed by atoms with van der Waals surface area (Å²) in [4.78, 5) is 11.9. The molecule has 1 fully saturated rings. The molecule has 2 rings (SSSR count). The molecule has 0 heterocycles. The van der Waals surface area contributed by atoms with Crippen LogP contribution < -0.4 is 15.4 Å². The zero-order valence-corrected chi connectivity index (χ0v) is 12.5. The molecule has 1 unspecified atom stereocenters. The van der Waals surface area contributed by atoms with Gasteiger partial charge in [-0.15, -0.1) is 0 Å². The van der Waals surface area contributed by atoms with Crippen LogP contribution in [0.25, 0.3) is 0 Å². The average Bonchev–Trinajstić information content (AvgIpc) is 3.21. The van der Waals surface area contributed by atoms with E-state index in [1.54, 1.807) is 6.92 Å². The maximum Gasteiger partial charge on any atom is 0.260 e. The number of carbonyl (C=O) groups excluding carboxylic acids is 1. The number of nitrogens with one attached hydrogen (secondary N) is 2. The molecule has 0 radical (unpaired) electrons. The Morgan fingerprint density at radius 3 is 2.65 bits per heavy atom. The summed E-state index contributed by atoms with van der Waals surface area (Å²) in [7, 11) is 0. The third-order valence-corrected chi connectivity index (χ3v) is 3.24. The normalized spacial score (nSPS) is 16.0. The molecule has 4 nitrogen and oxygen atoms in total. The van der Waals surface area contributed by atoms with E-state index in [0.29, 0.717) is 6.04 Å². The van der Waals surface area contributed by atoms with E-state index < -0.39 is 6.10 Å². The largest absolute Gasteiger partial charge is 0.481 e. The first-order valence-corrected chi connectivity index (χ1v) is 7.34. The number of rotatable bonds is 7. The molecule has 4 heteroatoms. The van der Waals surface area contributed by atoms with E-state index in [9.17, 15) is 4.79 Å². The highest BCUT2D eigenvalue weighted by atomic mass is 16.5. The van der Waals surface area contributed by atoms with Gasteiger partial charge in [0.1, 0.15) is 5.75 Å². The summed E-state index contributed by atoms with van der Waals surface area (Å²) < 4.78 is 5.81. The highest BCUT2D eigenvalue weighted by Crippen LogP contribution is 2.23. The number of carbonyl (C=O) groups is 1. The SMILES string of the molecule is CC(C)NC(=O)C(C)Oc1ccccc1CNC1CC1. The van der Waals surface area contributed by atoms with Gasteiger partial charge in [-0.2, -0.15) is 0 Å². The van der Waals surface area contributed by atoms with Crippen LogP contribution in [0, 0.1) is 0 Å².